The largest absolute Gasteiger partial charge is 0.478 e. The Morgan fingerprint density at radius 2 is 2.05 bits per heavy atom. The summed E-state index contributed by atoms with van der Waals surface area (Å²) in [5.74, 6) is -0.127. The zero-order chi connectivity index (χ0) is 14.6. The van der Waals surface area contributed by atoms with Gasteiger partial charge in [0.15, 0.2) is 0 Å². The first-order chi connectivity index (χ1) is 8.77. The molecule has 0 aliphatic rings. The van der Waals surface area contributed by atoms with Gasteiger partial charge in [0.05, 0.1) is 12.0 Å². The summed E-state index contributed by atoms with van der Waals surface area (Å²) < 4.78 is 5.33. The Morgan fingerprint density at radius 1 is 1.42 bits per heavy atom. The minimum absolute atomic E-state index is 0.0538. The van der Waals surface area contributed by atoms with Gasteiger partial charge in [0.2, 0.25) is 5.91 Å². The number of furan rings is 1. The molecular formula is C13H20N2O4. The van der Waals surface area contributed by atoms with Crippen molar-refractivity contribution >= 4 is 11.9 Å². The second kappa shape index (κ2) is 5.88. The van der Waals surface area contributed by atoms with Crippen LogP contribution in [-0.4, -0.2) is 30.6 Å². The van der Waals surface area contributed by atoms with Gasteiger partial charge in [0, 0.05) is 13.6 Å². The molecule has 1 rings (SSSR count). The summed E-state index contributed by atoms with van der Waals surface area (Å²) in [5.41, 5.74) is -0.367. The van der Waals surface area contributed by atoms with Gasteiger partial charge in [-0.25, -0.2) is 4.79 Å². The van der Waals surface area contributed by atoms with Crippen molar-refractivity contribution in [2.75, 3.05) is 13.6 Å². The van der Waals surface area contributed by atoms with Gasteiger partial charge in [-0.15, -0.1) is 0 Å². The molecule has 0 atom stereocenters. The first-order valence-corrected chi connectivity index (χ1v) is 6.03. The molecule has 0 bridgehead atoms. The van der Waals surface area contributed by atoms with E-state index in [-0.39, 0.29) is 11.5 Å². The first-order valence-electron chi connectivity index (χ1n) is 6.03. The molecule has 106 valence electrons. The third kappa shape index (κ3) is 3.82. The highest BCUT2D eigenvalue weighted by Gasteiger charge is 2.26. The second-order valence-electron chi connectivity index (χ2n) is 5.05. The molecule has 0 spiro atoms. The van der Waals surface area contributed by atoms with Gasteiger partial charge in [-0.1, -0.05) is 0 Å². The molecule has 0 aromatic carbocycles. The Kier molecular flexibility index (Phi) is 4.72. The Labute approximate surface area is 112 Å². The molecule has 6 heteroatoms. The van der Waals surface area contributed by atoms with Gasteiger partial charge < -0.3 is 20.2 Å². The average Bonchev–Trinajstić information content (AvgIpc) is 2.69. The van der Waals surface area contributed by atoms with Crippen LogP contribution < -0.4 is 10.6 Å². The van der Waals surface area contributed by atoms with Gasteiger partial charge in [0.1, 0.15) is 17.1 Å². The Hall–Kier alpha value is -1.82. The van der Waals surface area contributed by atoms with Gasteiger partial charge in [-0.05, 0) is 26.8 Å². The third-order valence-corrected chi connectivity index (χ3v) is 2.91. The monoisotopic (exact) mass is 268 g/mol. The second-order valence-corrected chi connectivity index (χ2v) is 5.05. The van der Waals surface area contributed by atoms with Crippen molar-refractivity contribution in [2.45, 2.75) is 27.3 Å². The lowest BCUT2D eigenvalue weighted by molar-refractivity contribution is -0.128. The van der Waals surface area contributed by atoms with Crippen molar-refractivity contribution in [1.29, 1.82) is 0 Å². The molecule has 0 fully saturated rings. The zero-order valence-corrected chi connectivity index (χ0v) is 11.7. The number of rotatable bonds is 6. The number of hydrogen-bond acceptors (Lipinski definition) is 4. The number of hydrogen-bond donors (Lipinski definition) is 3. The number of nitrogens with one attached hydrogen (secondary N) is 2. The van der Waals surface area contributed by atoms with Crippen LogP contribution in [0.5, 0.6) is 0 Å². The summed E-state index contributed by atoms with van der Waals surface area (Å²) in [7, 11) is 1.60. The van der Waals surface area contributed by atoms with Crippen LogP contribution >= 0.6 is 0 Å². The van der Waals surface area contributed by atoms with Crippen molar-refractivity contribution in [3.63, 3.8) is 0 Å². The van der Waals surface area contributed by atoms with E-state index in [0.717, 1.165) is 0 Å². The molecule has 1 amide bonds. The highest BCUT2D eigenvalue weighted by Crippen LogP contribution is 2.16. The molecule has 19 heavy (non-hydrogen) atoms. The fourth-order valence-electron chi connectivity index (χ4n) is 1.76. The number of amides is 1. The highest BCUT2D eigenvalue weighted by atomic mass is 16.4. The number of carbonyl (C=O) groups excluding carboxylic acids is 1. The average molecular weight is 268 g/mol. The van der Waals surface area contributed by atoms with Crippen molar-refractivity contribution < 1.29 is 19.1 Å². The van der Waals surface area contributed by atoms with Gasteiger partial charge in [-0.2, -0.15) is 0 Å². The van der Waals surface area contributed by atoms with E-state index in [1.807, 2.05) is 13.8 Å². The van der Waals surface area contributed by atoms with Gasteiger partial charge in [0.25, 0.3) is 0 Å². The van der Waals surface area contributed by atoms with Crippen molar-refractivity contribution in [3.8, 4) is 0 Å². The maximum Gasteiger partial charge on any atom is 0.339 e. The van der Waals surface area contributed by atoms with E-state index in [9.17, 15) is 9.59 Å². The predicted molar refractivity (Wildman–Crippen MR) is 70.0 cm³/mol. The molecule has 1 aromatic heterocycles. The van der Waals surface area contributed by atoms with E-state index >= 15 is 0 Å². The fourth-order valence-corrected chi connectivity index (χ4v) is 1.76. The Balaban J connectivity index is 2.56. The van der Waals surface area contributed by atoms with Crippen LogP contribution in [0.3, 0.4) is 0 Å². The molecule has 3 N–H and O–H groups in total. The number of carboxylic acid groups (broad SMARTS) is 1. The summed E-state index contributed by atoms with van der Waals surface area (Å²) in [5, 5.41) is 14.6. The van der Waals surface area contributed by atoms with E-state index in [0.29, 0.717) is 24.6 Å². The smallest absolute Gasteiger partial charge is 0.339 e. The van der Waals surface area contributed by atoms with Crippen molar-refractivity contribution in [3.05, 3.63) is 23.2 Å². The zero-order valence-electron chi connectivity index (χ0n) is 11.7. The molecule has 0 unspecified atom stereocenters. The molecule has 0 saturated heterocycles. The standard InChI is InChI=1S/C13H20N2O4/c1-8-10(11(16)17)5-9(19-8)6-15-7-13(2,3)12(18)14-4/h5,15H,6-7H2,1-4H3,(H,14,18)(H,16,17). The minimum atomic E-state index is -1.00. The summed E-state index contributed by atoms with van der Waals surface area (Å²) in [6.07, 6.45) is 0. The highest BCUT2D eigenvalue weighted by molar-refractivity contribution is 5.88. The van der Waals surface area contributed by atoms with E-state index < -0.39 is 11.4 Å². The van der Waals surface area contributed by atoms with Gasteiger partial charge in [-0.3, -0.25) is 4.79 Å². The topological polar surface area (TPSA) is 91.6 Å². The van der Waals surface area contributed by atoms with Crippen LogP contribution in [0.4, 0.5) is 0 Å². The molecular weight excluding hydrogens is 248 g/mol. The van der Waals surface area contributed by atoms with Crippen LogP contribution in [0.2, 0.25) is 0 Å². The van der Waals surface area contributed by atoms with E-state index in [2.05, 4.69) is 10.6 Å². The van der Waals surface area contributed by atoms with Crippen LogP contribution in [-0.2, 0) is 11.3 Å². The Morgan fingerprint density at radius 3 is 2.53 bits per heavy atom. The normalized spacial score (nSPS) is 11.4. The molecule has 0 radical (unpaired) electrons. The lowest BCUT2D eigenvalue weighted by atomic mass is 9.92. The molecule has 1 aromatic rings. The van der Waals surface area contributed by atoms with Crippen LogP contribution in [0.25, 0.3) is 0 Å². The third-order valence-electron chi connectivity index (χ3n) is 2.91. The number of aryl methyl sites for hydroxylation is 1. The maximum absolute atomic E-state index is 11.6. The minimum Gasteiger partial charge on any atom is -0.478 e. The summed E-state index contributed by atoms with van der Waals surface area (Å²) >= 11 is 0. The lowest BCUT2D eigenvalue weighted by Gasteiger charge is -2.22. The summed E-state index contributed by atoms with van der Waals surface area (Å²) in [6.45, 7) is 6.12. The SMILES string of the molecule is CNC(=O)C(C)(C)CNCc1cc(C(=O)O)c(C)o1. The van der Waals surface area contributed by atoms with Gasteiger partial charge >= 0.3 is 5.97 Å². The number of carbonyl (C=O) groups is 2. The molecule has 1 heterocycles. The lowest BCUT2D eigenvalue weighted by Crippen LogP contribution is -2.41. The molecule has 0 saturated carbocycles. The quantitative estimate of drug-likeness (QED) is 0.720. The fraction of sp³-hybridized carbons (Fsp3) is 0.538. The summed E-state index contributed by atoms with van der Waals surface area (Å²) in [6, 6.07) is 1.50. The maximum atomic E-state index is 11.6. The summed E-state index contributed by atoms with van der Waals surface area (Å²) in [4.78, 5) is 22.4. The van der Waals surface area contributed by atoms with Crippen LogP contribution in [0, 0.1) is 12.3 Å². The van der Waals surface area contributed by atoms with E-state index in [4.69, 9.17) is 9.52 Å². The van der Waals surface area contributed by atoms with Crippen LogP contribution in [0.1, 0.15) is 35.7 Å². The molecule has 0 aliphatic carbocycles. The number of aromatic carboxylic acids is 1. The van der Waals surface area contributed by atoms with Crippen LogP contribution in [0.15, 0.2) is 10.5 Å². The van der Waals surface area contributed by atoms with Crippen molar-refractivity contribution in [2.24, 2.45) is 5.41 Å². The van der Waals surface area contributed by atoms with E-state index in [1.165, 1.54) is 6.07 Å². The molecule has 6 nitrogen and oxygen atoms in total. The Bertz CT molecular complexity index is 477. The molecule has 0 aliphatic heterocycles. The predicted octanol–water partition coefficient (Wildman–Crippen LogP) is 1.15. The number of carboxylic acids is 1. The van der Waals surface area contributed by atoms with Crippen molar-refractivity contribution in [1.82, 2.24) is 10.6 Å². The first kappa shape index (κ1) is 15.2. The van der Waals surface area contributed by atoms with E-state index in [1.54, 1.807) is 14.0 Å².